The molecule has 0 radical (unpaired) electrons. The van der Waals surface area contributed by atoms with Crippen LogP contribution in [0.15, 0.2) is 120 Å². The zero-order valence-corrected chi connectivity index (χ0v) is 22.0. The molecule has 5 aromatic rings. The summed E-state index contributed by atoms with van der Waals surface area (Å²) in [6.45, 7) is 2.05. The number of nitrogens with zero attached hydrogens (tertiary/aromatic N) is 2. The highest BCUT2D eigenvalue weighted by Gasteiger charge is 2.65. The van der Waals surface area contributed by atoms with Crippen LogP contribution in [0, 0.1) is 18.8 Å². The third kappa shape index (κ3) is 2.99. The smallest absolute Gasteiger partial charge is 0.239 e. The number of anilines is 1. The van der Waals surface area contributed by atoms with E-state index in [1.54, 1.807) is 0 Å². The second-order valence-electron chi connectivity index (χ2n) is 11.2. The third-order valence-corrected chi connectivity index (χ3v) is 9.12. The van der Waals surface area contributed by atoms with Gasteiger partial charge in [-0.25, -0.2) is 4.90 Å². The molecule has 5 aliphatic carbocycles. The van der Waals surface area contributed by atoms with Crippen LogP contribution in [0.5, 0.6) is 0 Å². The number of carbonyl (C=O) groups excluding carboxylic acids is 2. The molecule has 4 atom stereocenters. The van der Waals surface area contributed by atoms with Crippen molar-refractivity contribution in [3.63, 3.8) is 0 Å². The van der Waals surface area contributed by atoms with Gasteiger partial charge in [-0.3, -0.25) is 14.6 Å². The molecule has 0 N–H and O–H groups in total. The number of hydrogen-bond acceptors (Lipinski definition) is 3. The Morgan fingerprint density at radius 2 is 1.52 bits per heavy atom. The lowest BCUT2D eigenvalue weighted by molar-refractivity contribution is -0.122. The molecule has 5 aromatic carbocycles. The van der Waals surface area contributed by atoms with Crippen molar-refractivity contribution in [1.29, 1.82) is 0 Å². The molecule has 1 aliphatic heterocycles. The molecule has 6 aliphatic rings. The number of imide groups is 1. The van der Waals surface area contributed by atoms with E-state index in [0.29, 0.717) is 5.69 Å². The van der Waals surface area contributed by atoms with Crippen LogP contribution in [-0.4, -0.2) is 18.0 Å². The zero-order valence-electron chi connectivity index (χ0n) is 22.0. The standard InChI is InChI=1S/C36H26N2O2/c1-22-8-6-11-26(20-22)37-21-36-25-18-16-24(17-19-25)31(28-13-4-5-14-29(28)36)32-33(36)35(40)38(34(32)39)30-15-7-10-23-9-2-3-12-27(23)30/h2-21,31-33H,1H3/t31-,32+,33+,36+/m0/s1. The van der Waals surface area contributed by atoms with E-state index >= 15 is 0 Å². The first-order valence-electron chi connectivity index (χ1n) is 13.8. The Kier molecular flexibility index (Phi) is 4.81. The zero-order chi connectivity index (χ0) is 27.0. The fourth-order valence-electron chi connectivity index (χ4n) is 7.45. The Morgan fingerprint density at radius 1 is 0.775 bits per heavy atom. The van der Waals surface area contributed by atoms with Gasteiger partial charge in [0.25, 0.3) is 0 Å². The molecule has 4 nitrogen and oxygen atoms in total. The number of fused-ring (bicyclic) bond motifs is 1. The summed E-state index contributed by atoms with van der Waals surface area (Å²) in [5.41, 5.74) is 5.90. The predicted molar refractivity (Wildman–Crippen MR) is 158 cm³/mol. The molecule has 11 rings (SSSR count). The monoisotopic (exact) mass is 518 g/mol. The van der Waals surface area contributed by atoms with Gasteiger partial charge in [-0.15, -0.1) is 0 Å². The molecule has 4 heteroatoms. The molecule has 2 amide bonds. The van der Waals surface area contributed by atoms with Gasteiger partial charge >= 0.3 is 0 Å². The van der Waals surface area contributed by atoms with Crippen molar-refractivity contribution in [2.24, 2.45) is 16.8 Å². The third-order valence-electron chi connectivity index (χ3n) is 9.12. The van der Waals surface area contributed by atoms with E-state index in [9.17, 15) is 9.59 Å². The molecule has 1 fully saturated rings. The number of carbonyl (C=O) groups is 2. The summed E-state index contributed by atoms with van der Waals surface area (Å²) >= 11 is 0. The summed E-state index contributed by atoms with van der Waals surface area (Å²) in [6, 6.07) is 38.6. The van der Waals surface area contributed by atoms with Crippen molar-refractivity contribution in [1.82, 2.24) is 0 Å². The largest absolute Gasteiger partial charge is 0.274 e. The minimum atomic E-state index is -0.896. The maximum Gasteiger partial charge on any atom is 0.239 e. The molecule has 0 spiro atoms. The molecule has 0 aromatic heterocycles. The normalized spacial score (nSPS) is 24.4. The number of rotatable bonds is 3. The fourth-order valence-corrected chi connectivity index (χ4v) is 7.45. The van der Waals surface area contributed by atoms with Crippen molar-refractivity contribution >= 4 is 40.2 Å². The summed E-state index contributed by atoms with van der Waals surface area (Å²) < 4.78 is 0. The van der Waals surface area contributed by atoms with E-state index in [1.165, 1.54) is 4.90 Å². The molecule has 40 heavy (non-hydrogen) atoms. The van der Waals surface area contributed by atoms with Crippen molar-refractivity contribution in [3.8, 4) is 0 Å². The minimum Gasteiger partial charge on any atom is -0.274 e. The predicted octanol–water partition coefficient (Wildman–Crippen LogP) is 7.10. The van der Waals surface area contributed by atoms with Gasteiger partial charge in [-0.2, -0.15) is 0 Å². The number of aliphatic imine (C=N–C) groups is 1. The average molecular weight is 519 g/mol. The number of amides is 2. The first kappa shape index (κ1) is 23.1. The van der Waals surface area contributed by atoms with Crippen LogP contribution in [0.4, 0.5) is 11.4 Å². The van der Waals surface area contributed by atoms with Crippen LogP contribution in [0.25, 0.3) is 10.8 Å². The second-order valence-corrected chi connectivity index (χ2v) is 11.2. The van der Waals surface area contributed by atoms with Gasteiger partial charge in [0.05, 0.1) is 28.6 Å². The SMILES string of the molecule is Cc1cccc(N=C[C@@]23c4ccc(cc4)[C@@H](c4ccccc42)[C@H]2C(=O)N(c4cccc5ccccc45)C(=O)[C@@H]23)c1. The van der Waals surface area contributed by atoms with Crippen molar-refractivity contribution in [2.45, 2.75) is 18.3 Å². The summed E-state index contributed by atoms with van der Waals surface area (Å²) in [6.07, 6.45) is 1.95. The summed E-state index contributed by atoms with van der Waals surface area (Å²) in [5.74, 6) is -1.67. The van der Waals surface area contributed by atoms with Crippen LogP contribution in [0.1, 0.15) is 33.7 Å². The van der Waals surface area contributed by atoms with Gasteiger partial charge in [0.15, 0.2) is 0 Å². The lowest BCUT2D eigenvalue weighted by atomic mass is 9.52. The van der Waals surface area contributed by atoms with Gasteiger partial charge in [-0.05, 0) is 58.3 Å². The first-order valence-corrected chi connectivity index (χ1v) is 13.8. The minimum absolute atomic E-state index is 0.137. The van der Waals surface area contributed by atoms with Crippen molar-refractivity contribution in [3.05, 3.63) is 143 Å². The van der Waals surface area contributed by atoms with Gasteiger partial charge in [-0.1, -0.05) is 97.1 Å². The Morgan fingerprint density at radius 3 is 2.38 bits per heavy atom. The molecular formula is C36H26N2O2. The van der Waals surface area contributed by atoms with E-state index < -0.39 is 17.3 Å². The van der Waals surface area contributed by atoms with E-state index in [4.69, 9.17) is 4.99 Å². The van der Waals surface area contributed by atoms with Crippen molar-refractivity contribution < 1.29 is 9.59 Å². The first-order chi connectivity index (χ1) is 19.6. The van der Waals surface area contributed by atoms with Gasteiger partial charge in [0.1, 0.15) is 0 Å². The van der Waals surface area contributed by atoms with Crippen molar-refractivity contribution in [2.75, 3.05) is 4.90 Å². The summed E-state index contributed by atoms with van der Waals surface area (Å²) in [4.78, 5) is 35.8. The van der Waals surface area contributed by atoms with Crippen LogP contribution in [0.2, 0.25) is 0 Å². The Labute approximate surface area is 232 Å². The van der Waals surface area contributed by atoms with Gasteiger partial charge in [0, 0.05) is 17.5 Å². The number of benzene rings is 5. The van der Waals surface area contributed by atoms with E-state index in [-0.39, 0.29) is 17.7 Å². The maximum atomic E-state index is 14.8. The molecule has 0 saturated carbocycles. The lowest BCUT2D eigenvalue weighted by Crippen LogP contribution is -2.51. The van der Waals surface area contributed by atoms with E-state index in [0.717, 1.165) is 44.3 Å². The van der Waals surface area contributed by atoms with Crippen LogP contribution < -0.4 is 4.90 Å². The molecule has 1 saturated heterocycles. The Balaban J connectivity index is 1.41. The lowest BCUT2D eigenvalue weighted by Gasteiger charge is -2.48. The number of aryl methyl sites for hydroxylation is 1. The fraction of sp³-hybridized carbons (Fsp3) is 0.139. The van der Waals surface area contributed by atoms with E-state index in [2.05, 4.69) is 36.4 Å². The molecule has 192 valence electrons. The highest BCUT2D eigenvalue weighted by Crippen LogP contribution is 2.60. The average Bonchev–Trinajstić information content (AvgIpc) is 3.23. The highest BCUT2D eigenvalue weighted by atomic mass is 16.2. The quantitative estimate of drug-likeness (QED) is 0.189. The second kappa shape index (κ2) is 8.33. The summed E-state index contributed by atoms with van der Waals surface area (Å²) in [7, 11) is 0. The molecular weight excluding hydrogens is 492 g/mol. The Hall–Kier alpha value is -4.83. The topological polar surface area (TPSA) is 49.7 Å². The van der Waals surface area contributed by atoms with Crippen LogP contribution in [0.3, 0.4) is 0 Å². The molecule has 0 unspecified atom stereocenters. The molecule has 1 heterocycles. The maximum absolute atomic E-state index is 14.8. The van der Waals surface area contributed by atoms with Gasteiger partial charge < -0.3 is 0 Å². The van der Waals surface area contributed by atoms with E-state index in [1.807, 2.05) is 92.0 Å². The van der Waals surface area contributed by atoms with Gasteiger partial charge in [0.2, 0.25) is 11.8 Å². The number of hydrogen-bond donors (Lipinski definition) is 0. The molecule has 4 bridgehead atoms. The Bertz CT molecular complexity index is 1880. The van der Waals surface area contributed by atoms with Crippen LogP contribution >= 0.6 is 0 Å². The van der Waals surface area contributed by atoms with Crippen LogP contribution in [-0.2, 0) is 15.0 Å². The summed E-state index contributed by atoms with van der Waals surface area (Å²) in [5, 5.41) is 1.90. The highest BCUT2D eigenvalue weighted by molar-refractivity contribution is 6.27.